The SMILES string of the molecule is Cc1cc(C)c(OCc2ccnc(N)c2)c([N+](=O)[O-])c1. The lowest BCUT2D eigenvalue weighted by Gasteiger charge is -2.10. The summed E-state index contributed by atoms with van der Waals surface area (Å²) in [6, 6.07) is 6.79. The molecular formula is C14H15N3O3. The van der Waals surface area contributed by atoms with Crippen LogP contribution in [0.2, 0.25) is 0 Å². The third-order valence-electron chi connectivity index (χ3n) is 2.82. The molecule has 20 heavy (non-hydrogen) atoms. The molecule has 0 bridgehead atoms. The van der Waals surface area contributed by atoms with Gasteiger partial charge in [-0.05, 0) is 42.7 Å². The van der Waals surface area contributed by atoms with E-state index in [1.165, 1.54) is 6.07 Å². The normalized spacial score (nSPS) is 10.3. The van der Waals surface area contributed by atoms with Gasteiger partial charge in [0.15, 0.2) is 5.75 Å². The molecule has 2 rings (SSSR count). The number of nitrogen functional groups attached to an aromatic ring is 1. The molecule has 0 aliphatic rings. The number of hydrogen-bond acceptors (Lipinski definition) is 5. The van der Waals surface area contributed by atoms with Crippen molar-refractivity contribution in [2.24, 2.45) is 0 Å². The van der Waals surface area contributed by atoms with E-state index in [-0.39, 0.29) is 18.0 Å². The number of aryl methyl sites for hydroxylation is 2. The number of aromatic nitrogens is 1. The molecule has 2 N–H and O–H groups in total. The van der Waals surface area contributed by atoms with Crippen LogP contribution in [0.4, 0.5) is 11.5 Å². The number of rotatable bonds is 4. The summed E-state index contributed by atoms with van der Waals surface area (Å²) in [6.45, 7) is 3.81. The van der Waals surface area contributed by atoms with Crippen molar-refractivity contribution in [3.05, 3.63) is 57.3 Å². The van der Waals surface area contributed by atoms with Crippen LogP contribution in [0.3, 0.4) is 0 Å². The first-order valence-corrected chi connectivity index (χ1v) is 6.06. The Labute approximate surface area is 116 Å². The number of benzene rings is 1. The van der Waals surface area contributed by atoms with Gasteiger partial charge in [0.05, 0.1) is 4.92 Å². The van der Waals surface area contributed by atoms with Crippen molar-refractivity contribution in [1.29, 1.82) is 0 Å². The maximum Gasteiger partial charge on any atom is 0.311 e. The Bertz CT molecular complexity index is 656. The first-order chi connectivity index (χ1) is 9.47. The molecule has 0 radical (unpaired) electrons. The summed E-state index contributed by atoms with van der Waals surface area (Å²) in [6.07, 6.45) is 1.57. The number of nitro groups is 1. The Kier molecular flexibility index (Phi) is 3.84. The van der Waals surface area contributed by atoms with Gasteiger partial charge in [0, 0.05) is 12.3 Å². The van der Waals surface area contributed by atoms with Crippen LogP contribution >= 0.6 is 0 Å². The highest BCUT2D eigenvalue weighted by Gasteiger charge is 2.18. The largest absolute Gasteiger partial charge is 0.482 e. The van der Waals surface area contributed by atoms with Gasteiger partial charge < -0.3 is 10.5 Å². The minimum atomic E-state index is -0.434. The van der Waals surface area contributed by atoms with E-state index < -0.39 is 4.92 Å². The fourth-order valence-corrected chi connectivity index (χ4v) is 2.00. The number of nitrogens with zero attached hydrogens (tertiary/aromatic N) is 2. The smallest absolute Gasteiger partial charge is 0.311 e. The van der Waals surface area contributed by atoms with E-state index in [1.54, 1.807) is 25.3 Å². The van der Waals surface area contributed by atoms with Gasteiger partial charge in [0.1, 0.15) is 12.4 Å². The first kappa shape index (κ1) is 13.8. The summed E-state index contributed by atoms with van der Waals surface area (Å²) in [5.41, 5.74) is 7.93. The summed E-state index contributed by atoms with van der Waals surface area (Å²) < 4.78 is 5.60. The molecule has 0 unspecified atom stereocenters. The lowest BCUT2D eigenvalue weighted by molar-refractivity contribution is -0.386. The standard InChI is InChI=1S/C14H15N3O3/c1-9-5-10(2)14(12(6-9)17(18)19)20-8-11-3-4-16-13(15)7-11/h3-7H,8H2,1-2H3,(H2,15,16). The van der Waals surface area contributed by atoms with Crippen LogP contribution in [0.25, 0.3) is 0 Å². The average molecular weight is 273 g/mol. The second-order valence-corrected chi connectivity index (χ2v) is 4.56. The van der Waals surface area contributed by atoms with E-state index in [2.05, 4.69) is 4.98 Å². The Hall–Kier alpha value is -2.63. The Morgan fingerprint density at radius 1 is 1.35 bits per heavy atom. The second-order valence-electron chi connectivity index (χ2n) is 4.56. The lowest BCUT2D eigenvalue weighted by Crippen LogP contribution is -2.02. The summed E-state index contributed by atoms with van der Waals surface area (Å²) >= 11 is 0. The molecule has 0 saturated heterocycles. The number of ether oxygens (including phenoxy) is 1. The van der Waals surface area contributed by atoms with Gasteiger partial charge in [-0.3, -0.25) is 10.1 Å². The number of anilines is 1. The van der Waals surface area contributed by atoms with Crippen molar-refractivity contribution in [3.63, 3.8) is 0 Å². The fourth-order valence-electron chi connectivity index (χ4n) is 2.00. The zero-order chi connectivity index (χ0) is 14.7. The summed E-state index contributed by atoms with van der Waals surface area (Å²) in [5.74, 6) is 0.678. The van der Waals surface area contributed by atoms with Crippen LogP contribution < -0.4 is 10.5 Å². The summed E-state index contributed by atoms with van der Waals surface area (Å²) in [7, 11) is 0. The van der Waals surface area contributed by atoms with Crippen molar-refractivity contribution in [2.45, 2.75) is 20.5 Å². The van der Waals surface area contributed by atoms with Gasteiger partial charge in [-0.1, -0.05) is 6.07 Å². The van der Waals surface area contributed by atoms with Crippen molar-refractivity contribution in [2.75, 3.05) is 5.73 Å². The highest BCUT2D eigenvalue weighted by Crippen LogP contribution is 2.32. The molecule has 0 saturated carbocycles. The summed E-state index contributed by atoms with van der Waals surface area (Å²) in [4.78, 5) is 14.5. The molecule has 2 aromatic rings. The maximum atomic E-state index is 11.1. The highest BCUT2D eigenvalue weighted by atomic mass is 16.6. The Morgan fingerprint density at radius 2 is 2.10 bits per heavy atom. The first-order valence-electron chi connectivity index (χ1n) is 6.06. The van der Waals surface area contributed by atoms with Gasteiger partial charge in [0.25, 0.3) is 0 Å². The molecule has 104 valence electrons. The van der Waals surface area contributed by atoms with E-state index in [4.69, 9.17) is 10.5 Å². The van der Waals surface area contributed by atoms with E-state index in [1.807, 2.05) is 13.0 Å². The quantitative estimate of drug-likeness (QED) is 0.683. The number of pyridine rings is 1. The van der Waals surface area contributed by atoms with Crippen LogP contribution in [0.5, 0.6) is 5.75 Å². The minimum absolute atomic E-state index is 0.0236. The van der Waals surface area contributed by atoms with Crippen LogP contribution in [0.15, 0.2) is 30.5 Å². The second kappa shape index (κ2) is 5.56. The van der Waals surface area contributed by atoms with Gasteiger partial charge in [0.2, 0.25) is 0 Å². The molecule has 6 heteroatoms. The van der Waals surface area contributed by atoms with E-state index in [9.17, 15) is 10.1 Å². The predicted octanol–water partition coefficient (Wildman–Crippen LogP) is 2.77. The molecule has 0 spiro atoms. The van der Waals surface area contributed by atoms with Crippen LogP contribution in [0.1, 0.15) is 16.7 Å². The van der Waals surface area contributed by atoms with E-state index in [0.29, 0.717) is 5.82 Å². The van der Waals surface area contributed by atoms with E-state index >= 15 is 0 Å². The third kappa shape index (κ3) is 3.03. The van der Waals surface area contributed by atoms with Crippen LogP contribution in [-0.4, -0.2) is 9.91 Å². The molecule has 0 fully saturated rings. The molecule has 0 aliphatic heterocycles. The Balaban J connectivity index is 2.27. The van der Waals surface area contributed by atoms with Gasteiger partial charge in [-0.25, -0.2) is 4.98 Å². The van der Waals surface area contributed by atoms with Crippen LogP contribution in [-0.2, 0) is 6.61 Å². The monoisotopic (exact) mass is 273 g/mol. The number of nitrogens with two attached hydrogens (primary N) is 1. The minimum Gasteiger partial charge on any atom is -0.482 e. The average Bonchev–Trinajstić information content (AvgIpc) is 2.36. The Morgan fingerprint density at radius 3 is 2.75 bits per heavy atom. The fraction of sp³-hybridized carbons (Fsp3) is 0.214. The molecule has 6 nitrogen and oxygen atoms in total. The van der Waals surface area contributed by atoms with Crippen molar-refractivity contribution < 1.29 is 9.66 Å². The topological polar surface area (TPSA) is 91.3 Å². The van der Waals surface area contributed by atoms with Crippen molar-refractivity contribution in [1.82, 2.24) is 4.98 Å². The molecule has 1 aromatic carbocycles. The van der Waals surface area contributed by atoms with Gasteiger partial charge >= 0.3 is 5.69 Å². The zero-order valence-corrected chi connectivity index (χ0v) is 11.3. The molecule has 0 aliphatic carbocycles. The lowest BCUT2D eigenvalue weighted by atomic mass is 10.1. The third-order valence-corrected chi connectivity index (χ3v) is 2.82. The predicted molar refractivity (Wildman–Crippen MR) is 75.6 cm³/mol. The maximum absolute atomic E-state index is 11.1. The highest BCUT2D eigenvalue weighted by molar-refractivity contribution is 5.53. The van der Waals surface area contributed by atoms with Crippen molar-refractivity contribution >= 4 is 11.5 Å². The zero-order valence-electron chi connectivity index (χ0n) is 11.3. The van der Waals surface area contributed by atoms with Crippen LogP contribution in [0, 0.1) is 24.0 Å². The van der Waals surface area contributed by atoms with Gasteiger partial charge in [-0.15, -0.1) is 0 Å². The molecular weight excluding hydrogens is 258 g/mol. The molecule has 1 aromatic heterocycles. The number of hydrogen-bond donors (Lipinski definition) is 1. The molecule has 0 amide bonds. The number of nitro benzene ring substituents is 1. The van der Waals surface area contributed by atoms with E-state index in [0.717, 1.165) is 16.7 Å². The molecule has 1 heterocycles. The van der Waals surface area contributed by atoms with Crippen molar-refractivity contribution in [3.8, 4) is 5.75 Å². The summed E-state index contributed by atoms with van der Waals surface area (Å²) in [5, 5.41) is 11.1. The molecule has 0 atom stereocenters. The van der Waals surface area contributed by atoms with Gasteiger partial charge in [-0.2, -0.15) is 0 Å².